The fourth-order valence-corrected chi connectivity index (χ4v) is 1.61. The summed E-state index contributed by atoms with van der Waals surface area (Å²) in [5.74, 6) is 0. The van der Waals surface area contributed by atoms with Crippen LogP contribution in [0.4, 0.5) is 0 Å². The first-order chi connectivity index (χ1) is 7.61. The van der Waals surface area contributed by atoms with Crippen molar-refractivity contribution in [2.75, 3.05) is 6.61 Å². The topological polar surface area (TPSA) is 117 Å². The number of ether oxygens (including phenoxy) is 1. The van der Waals surface area contributed by atoms with E-state index in [4.69, 9.17) is 9.84 Å². The molecule has 8 nitrogen and oxygen atoms in total. The summed E-state index contributed by atoms with van der Waals surface area (Å²) in [4.78, 5) is 27.5. The minimum absolute atomic E-state index is 0.166. The number of nitrogens with one attached hydrogen (secondary N) is 1. The summed E-state index contributed by atoms with van der Waals surface area (Å²) < 4.78 is 6.30. The standard InChI is InChI=1S/C8H11N3O5/c12-2-5-4(13)1-6(16-5)11-3-9-7(14)10-8(11)15/h3-6,12-13H,1-2H2,(H,10,14,15). The summed E-state index contributed by atoms with van der Waals surface area (Å²) in [6.07, 6.45) is -1.06. The summed E-state index contributed by atoms with van der Waals surface area (Å²) in [6.45, 7) is -0.330. The molecule has 1 aromatic heterocycles. The molecule has 88 valence electrons. The highest BCUT2D eigenvalue weighted by Gasteiger charge is 2.34. The van der Waals surface area contributed by atoms with Crippen molar-refractivity contribution in [3.63, 3.8) is 0 Å². The van der Waals surface area contributed by atoms with Gasteiger partial charge in [0.1, 0.15) is 18.7 Å². The molecule has 3 unspecified atom stereocenters. The molecular weight excluding hydrogens is 218 g/mol. The summed E-state index contributed by atoms with van der Waals surface area (Å²) >= 11 is 0. The number of hydrogen-bond donors (Lipinski definition) is 3. The quantitative estimate of drug-likeness (QED) is 0.519. The largest absolute Gasteiger partial charge is 0.394 e. The monoisotopic (exact) mass is 229 g/mol. The van der Waals surface area contributed by atoms with Crippen molar-refractivity contribution < 1.29 is 14.9 Å². The Morgan fingerprint density at radius 3 is 2.94 bits per heavy atom. The van der Waals surface area contributed by atoms with E-state index in [1.165, 1.54) is 0 Å². The molecule has 1 aliphatic rings. The van der Waals surface area contributed by atoms with Crippen molar-refractivity contribution >= 4 is 0 Å². The van der Waals surface area contributed by atoms with E-state index in [1.807, 2.05) is 4.98 Å². The second-order valence-electron chi connectivity index (χ2n) is 3.50. The Labute approximate surface area is 89.1 Å². The van der Waals surface area contributed by atoms with Gasteiger partial charge in [-0.05, 0) is 0 Å². The first-order valence-corrected chi connectivity index (χ1v) is 4.73. The number of nitrogens with zero attached hydrogens (tertiary/aromatic N) is 2. The van der Waals surface area contributed by atoms with Gasteiger partial charge in [-0.1, -0.05) is 0 Å². The van der Waals surface area contributed by atoms with Gasteiger partial charge in [0, 0.05) is 6.42 Å². The smallest absolute Gasteiger partial charge is 0.350 e. The van der Waals surface area contributed by atoms with Gasteiger partial charge in [-0.25, -0.2) is 9.59 Å². The highest BCUT2D eigenvalue weighted by molar-refractivity contribution is 4.82. The van der Waals surface area contributed by atoms with E-state index in [9.17, 15) is 14.7 Å². The number of aliphatic hydroxyl groups is 2. The van der Waals surface area contributed by atoms with Crippen LogP contribution in [0.25, 0.3) is 0 Å². The summed E-state index contributed by atoms with van der Waals surface area (Å²) in [5.41, 5.74) is -1.39. The Balaban J connectivity index is 2.27. The van der Waals surface area contributed by atoms with Gasteiger partial charge < -0.3 is 14.9 Å². The van der Waals surface area contributed by atoms with Crippen LogP contribution in [0.1, 0.15) is 12.6 Å². The highest BCUT2D eigenvalue weighted by Crippen LogP contribution is 2.26. The van der Waals surface area contributed by atoms with Gasteiger partial charge >= 0.3 is 11.4 Å². The molecule has 0 spiro atoms. The molecule has 0 aliphatic carbocycles. The minimum atomic E-state index is -0.839. The maximum Gasteiger partial charge on any atom is 0.350 e. The maximum absolute atomic E-state index is 11.4. The van der Waals surface area contributed by atoms with E-state index < -0.39 is 29.8 Å². The average molecular weight is 229 g/mol. The van der Waals surface area contributed by atoms with E-state index in [1.54, 1.807) is 0 Å². The molecule has 3 N–H and O–H groups in total. The Morgan fingerprint density at radius 2 is 2.38 bits per heavy atom. The first-order valence-electron chi connectivity index (χ1n) is 4.73. The summed E-state index contributed by atoms with van der Waals surface area (Å²) in [7, 11) is 0. The third-order valence-corrected chi connectivity index (χ3v) is 2.44. The van der Waals surface area contributed by atoms with Crippen LogP contribution >= 0.6 is 0 Å². The van der Waals surface area contributed by atoms with E-state index in [0.29, 0.717) is 0 Å². The fraction of sp³-hybridized carbons (Fsp3) is 0.625. The van der Waals surface area contributed by atoms with E-state index in [2.05, 4.69) is 4.98 Å². The number of rotatable bonds is 2. The molecule has 0 aromatic carbocycles. The molecule has 0 radical (unpaired) electrons. The predicted octanol–water partition coefficient (Wildman–Crippen LogP) is -2.43. The van der Waals surface area contributed by atoms with Crippen LogP contribution < -0.4 is 11.4 Å². The lowest BCUT2D eigenvalue weighted by Crippen LogP contribution is -2.33. The van der Waals surface area contributed by atoms with Crippen molar-refractivity contribution in [2.45, 2.75) is 24.9 Å². The summed E-state index contributed by atoms with van der Waals surface area (Å²) in [5, 5.41) is 18.3. The molecule has 1 fully saturated rings. The molecular formula is C8H11N3O5. The molecule has 2 rings (SSSR count). The van der Waals surface area contributed by atoms with Crippen molar-refractivity contribution in [3.05, 3.63) is 27.3 Å². The Kier molecular flexibility index (Phi) is 2.86. The van der Waals surface area contributed by atoms with E-state index in [-0.39, 0.29) is 13.0 Å². The van der Waals surface area contributed by atoms with Crippen LogP contribution in [0, 0.1) is 0 Å². The van der Waals surface area contributed by atoms with Crippen molar-refractivity contribution in [3.8, 4) is 0 Å². The molecule has 1 aromatic rings. The molecule has 16 heavy (non-hydrogen) atoms. The predicted molar refractivity (Wildman–Crippen MR) is 50.7 cm³/mol. The Bertz CT molecular complexity index is 481. The number of aliphatic hydroxyl groups excluding tert-OH is 2. The van der Waals surface area contributed by atoms with Crippen LogP contribution in [0.2, 0.25) is 0 Å². The average Bonchev–Trinajstić information content (AvgIpc) is 2.59. The van der Waals surface area contributed by atoms with Gasteiger partial charge in [-0.3, -0.25) is 9.55 Å². The van der Waals surface area contributed by atoms with Gasteiger partial charge in [0.15, 0.2) is 0 Å². The number of aromatic amines is 1. The maximum atomic E-state index is 11.4. The number of aromatic nitrogens is 3. The highest BCUT2D eigenvalue weighted by atomic mass is 16.5. The minimum Gasteiger partial charge on any atom is -0.394 e. The van der Waals surface area contributed by atoms with Crippen LogP contribution in [-0.2, 0) is 4.74 Å². The second-order valence-corrected chi connectivity index (χ2v) is 3.50. The third kappa shape index (κ3) is 1.90. The molecule has 0 saturated carbocycles. The van der Waals surface area contributed by atoms with Crippen molar-refractivity contribution in [2.24, 2.45) is 0 Å². The van der Waals surface area contributed by atoms with Crippen LogP contribution in [0.15, 0.2) is 15.9 Å². The molecule has 0 amide bonds. The number of H-pyrrole nitrogens is 1. The van der Waals surface area contributed by atoms with Crippen LogP contribution in [0.5, 0.6) is 0 Å². The molecule has 3 atom stereocenters. The zero-order valence-corrected chi connectivity index (χ0v) is 8.24. The molecule has 8 heteroatoms. The lowest BCUT2D eigenvalue weighted by molar-refractivity contribution is -0.0463. The zero-order chi connectivity index (χ0) is 11.7. The lowest BCUT2D eigenvalue weighted by atomic mass is 10.2. The Hall–Kier alpha value is -1.51. The normalized spacial score (nSPS) is 29.5. The van der Waals surface area contributed by atoms with Gasteiger partial charge in [-0.2, -0.15) is 4.98 Å². The Morgan fingerprint density at radius 1 is 1.62 bits per heavy atom. The van der Waals surface area contributed by atoms with E-state index in [0.717, 1.165) is 10.9 Å². The first kappa shape index (κ1) is 11.0. The van der Waals surface area contributed by atoms with Gasteiger partial charge in [0.25, 0.3) is 0 Å². The molecule has 1 saturated heterocycles. The lowest BCUT2D eigenvalue weighted by Gasteiger charge is -2.13. The summed E-state index contributed by atoms with van der Waals surface area (Å²) in [6, 6.07) is 0. The molecule has 0 bridgehead atoms. The third-order valence-electron chi connectivity index (χ3n) is 2.44. The molecule has 1 aliphatic heterocycles. The van der Waals surface area contributed by atoms with Crippen LogP contribution in [0.3, 0.4) is 0 Å². The zero-order valence-electron chi connectivity index (χ0n) is 8.24. The van der Waals surface area contributed by atoms with E-state index >= 15 is 0 Å². The number of hydrogen-bond acceptors (Lipinski definition) is 6. The van der Waals surface area contributed by atoms with Gasteiger partial charge in [-0.15, -0.1) is 0 Å². The SMILES string of the molecule is O=c1ncn(C2CC(O)C(CO)O2)c(=O)[nH]1. The fourth-order valence-electron chi connectivity index (χ4n) is 1.61. The van der Waals surface area contributed by atoms with Crippen LogP contribution in [-0.4, -0.2) is 43.6 Å². The van der Waals surface area contributed by atoms with Gasteiger partial charge in [0.2, 0.25) is 0 Å². The van der Waals surface area contributed by atoms with Gasteiger partial charge in [0.05, 0.1) is 12.7 Å². The van der Waals surface area contributed by atoms with Crippen molar-refractivity contribution in [1.29, 1.82) is 0 Å². The van der Waals surface area contributed by atoms with Crippen molar-refractivity contribution in [1.82, 2.24) is 14.5 Å². The molecule has 2 heterocycles. The second kappa shape index (κ2) is 4.16.